The van der Waals surface area contributed by atoms with Crippen molar-refractivity contribution in [2.45, 2.75) is 38.8 Å². The third kappa shape index (κ3) is 4.36. The van der Waals surface area contributed by atoms with Crippen molar-refractivity contribution < 1.29 is 23.0 Å². The van der Waals surface area contributed by atoms with E-state index in [4.69, 9.17) is 9.47 Å². The first-order valence-corrected chi connectivity index (χ1v) is 10.1. The van der Waals surface area contributed by atoms with Gasteiger partial charge in [-0.05, 0) is 38.0 Å². The zero-order valence-electron chi connectivity index (χ0n) is 17.6. The standard InChI is InChI=1S/C21H22F2N6O3/c1-13-17(29(27-24-13)15-7-5-14(6-8-15)20(22)23)12-32-19-10-9-18(25-26-19)28-11-3-4-16(28)21(30)31-2/h5-10,16,20H,3-4,11-12H2,1-2H3/t16-/m0/s1. The van der Waals surface area contributed by atoms with Gasteiger partial charge in [0, 0.05) is 18.2 Å². The molecular weight excluding hydrogens is 422 g/mol. The summed E-state index contributed by atoms with van der Waals surface area (Å²) in [7, 11) is 1.37. The Balaban J connectivity index is 1.45. The molecule has 0 unspecified atom stereocenters. The quantitative estimate of drug-likeness (QED) is 0.513. The lowest BCUT2D eigenvalue weighted by Gasteiger charge is -2.23. The largest absolute Gasteiger partial charge is 0.470 e. The Kier molecular flexibility index (Phi) is 6.24. The molecule has 0 amide bonds. The zero-order valence-corrected chi connectivity index (χ0v) is 17.6. The number of nitrogens with zero attached hydrogens (tertiary/aromatic N) is 6. The van der Waals surface area contributed by atoms with Crippen molar-refractivity contribution in [2.24, 2.45) is 0 Å². The molecule has 1 atom stereocenters. The molecule has 0 spiro atoms. The predicted molar refractivity (Wildman–Crippen MR) is 110 cm³/mol. The minimum Gasteiger partial charge on any atom is -0.470 e. The molecule has 1 saturated heterocycles. The van der Waals surface area contributed by atoms with E-state index in [1.165, 1.54) is 23.9 Å². The maximum Gasteiger partial charge on any atom is 0.328 e. The highest BCUT2D eigenvalue weighted by Crippen LogP contribution is 2.25. The van der Waals surface area contributed by atoms with Gasteiger partial charge in [0.05, 0.1) is 18.5 Å². The minimum atomic E-state index is -2.53. The highest BCUT2D eigenvalue weighted by atomic mass is 19.3. The summed E-state index contributed by atoms with van der Waals surface area (Å²) >= 11 is 0. The summed E-state index contributed by atoms with van der Waals surface area (Å²) in [6.45, 7) is 2.59. The average molecular weight is 444 g/mol. The van der Waals surface area contributed by atoms with Gasteiger partial charge in [0.1, 0.15) is 18.3 Å². The molecular formula is C21H22F2N6O3. The van der Waals surface area contributed by atoms with Crippen LogP contribution in [0.15, 0.2) is 36.4 Å². The van der Waals surface area contributed by atoms with E-state index < -0.39 is 6.43 Å². The maximum atomic E-state index is 12.8. The Morgan fingerprint density at radius 1 is 1.16 bits per heavy atom. The van der Waals surface area contributed by atoms with Gasteiger partial charge in [0.2, 0.25) is 5.88 Å². The van der Waals surface area contributed by atoms with Gasteiger partial charge in [0.25, 0.3) is 6.43 Å². The highest BCUT2D eigenvalue weighted by molar-refractivity contribution is 5.80. The summed E-state index contributed by atoms with van der Waals surface area (Å²) in [5.74, 6) is 0.581. The minimum absolute atomic E-state index is 0.0637. The van der Waals surface area contributed by atoms with E-state index in [-0.39, 0.29) is 24.2 Å². The van der Waals surface area contributed by atoms with E-state index in [2.05, 4.69) is 20.5 Å². The summed E-state index contributed by atoms with van der Waals surface area (Å²) in [6.07, 6.45) is -0.954. The normalized spacial score (nSPS) is 15.9. The summed E-state index contributed by atoms with van der Waals surface area (Å²) in [5.41, 5.74) is 1.83. The predicted octanol–water partition coefficient (Wildman–Crippen LogP) is 3.02. The molecule has 3 heterocycles. The molecule has 32 heavy (non-hydrogen) atoms. The fraction of sp³-hybridized carbons (Fsp3) is 0.381. The molecule has 11 heteroatoms. The maximum absolute atomic E-state index is 12.8. The van der Waals surface area contributed by atoms with Crippen LogP contribution in [0.4, 0.5) is 14.6 Å². The number of hydrogen-bond donors (Lipinski definition) is 0. The third-order valence-electron chi connectivity index (χ3n) is 5.35. The number of anilines is 1. The van der Waals surface area contributed by atoms with Crippen LogP contribution in [0.3, 0.4) is 0 Å². The van der Waals surface area contributed by atoms with Crippen LogP contribution in [0.5, 0.6) is 5.88 Å². The van der Waals surface area contributed by atoms with Crippen molar-refractivity contribution >= 4 is 11.8 Å². The second-order valence-electron chi connectivity index (χ2n) is 7.32. The van der Waals surface area contributed by atoms with Crippen molar-refractivity contribution in [3.8, 4) is 11.6 Å². The van der Waals surface area contributed by atoms with Crippen LogP contribution in [-0.4, -0.2) is 50.9 Å². The highest BCUT2D eigenvalue weighted by Gasteiger charge is 2.32. The van der Waals surface area contributed by atoms with Crippen LogP contribution in [0.25, 0.3) is 5.69 Å². The lowest BCUT2D eigenvalue weighted by molar-refractivity contribution is -0.141. The van der Waals surface area contributed by atoms with Crippen LogP contribution in [-0.2, 0) is 16.1 Å². The number of ether oxygens (including phenoxy) is 2. The molecule has 0 radical (unpaired) electrons. The van der Waals surface area contributed by atoms with E-state index in [9.17, 15) is 13.6 Å². The Bertz CT molecular complexity index is 1070. The first kappa shape index (κ1) is 21.6. The van der Waals surface area contributed by atoms with Gasteiger partial charge >= 0.3 is 5.97 Å². The molecule has 1 fully saturated rings. The van der Waals surface area contributed by atoms with E-state index in [0.29, 0.717) is 41.7 Å². The Labute approximate surface area is 183 Å². The van der Waals surface area contributed by atoms with E-state index in [1.54, 1.807) is 31.2 Å². The third-order valence-corrected chi connectivity index (χ3v) is 5.35. The molecule has 3 aromatic rings. The monoisotopic (exact) mass is 444 g/mol. The molecule has 0 saturated carbocycles. The van der Waals surface area contributed by atoms with E-state index in [1.807, 2.05) is 4.90 Å². The number of methoxy groups -OCH3 is 1. The molecule has 1 aliphatic heterocycles. The number of benzene rings is 1. The molecule has 0 bridgehead atoms. The van der Waals surface area contributed by atoms with Gasteiger partial charge in [-0.1, -0.05) is 17.3 Å². The van der Waals surface area contributed by atoms with Crippen molar-refractivity contribution in [1.82, 2.24) is 25.2 Å². The molecule has 9 nitrogen and oxygen atoms in total. The molecule has 0 aliphatic carbocycles. The van der Waals surface area contributed by atoms with Crippen molar-refractivity contribution in [2.75, 3.05) is 18.6 Å². The first-order chi connectivity index (χ1) is 15.5. The topological polar surface area (TPSA) is 95.3 Å². The number of carbonyl (C=O) groups is 1. The van der Waals surface area contributed by atoms with Crippen LogP contribution in [0, 0.1) is 6.92 Å². The summed E-state index contributed by atoms with van der Waals surface area (Å²) in [4.78, 5) is 13.8. The van der Waals surface area contributed by atoms with Crippen molar-refractivity contribution in [3.63, 3.8) is 0 Å². The van der Waals surface area contributed by atoms with Crippen LogP contribution in [0.2, 0.25) is 0 Å². The lowest BCUT2D eigenvalue weighted by Crippen LogP contribution is -2.37. The molecule has 1 aromatic carbocycles. The molecule has 1 aliphatic rings. The fourth-order valence-electron chi connectivity index (χ4n) is 3.62. The fourth-order valence-corrected chi connectivity index (χ4v) is 3.62. The molecule has 168 valence electrons. The van der Waals surface area contributed by atoms with Gasteiger partial charge < -0.3 is 14.4 Å². The Morgan fingerprint density at radius 2 is 1.94 bits per heavy atom. The number of hydrogen-bond acceptors (Lipinski definition) is 8. The van der Waals surface area contributed by atoms with E-state index >= 15 is 0 Å². The number of aromatic nitrogens is 5. The second kappa shape index (κ2) is 9.25. The van der Waals surface area contributed by atoms with Gasteiger partial charge in [0.15, 0.2) is 5.82 Å². The second-order valence-corrected chi connectivity index (χ2v) is 7.32. The van der Waals surface area contributed by atoms with Crippen molar-refractivity contribution in [3.05, 3.63) is 53.3 Å². The summed E-state index contributed by atoms with van der Waals surface area (Å²) < 4.78 is 37.8. The number of alkyl halides is 2. The SMILES string of the molecule is COC(=O)[C@@H]1CCCN1c1ccc(OCc2c(C)nnn2-c2ccc(C(F)F)cc2)nn1. The number of aryl methyl sites for hydroxylation is 1. The van der Waals surface area contributed by atoms with Crippen LogP contribution < -0.4 is 9.64 Å². The van der Waals surface area contributed by atoms with Gasteiger partial charge in [-0.15, -0.1) is 15.3 Å². The first-order valence-electron chi connectivity index (χ1n) is 10.1. The molecule has 0 N–H and O–H groups in total. The lowest BCUT2D eigenvalue weighted by atomic mass is 10.2. The van der Waals surface area contributed by atoms with E-state index in [0.717, 1.165) is 6.42 Å². The Hall–Kier alpha value is -3.63. The summed E-state index contributed by atoms with van der Waals surface area (Å²) in [5, 5.41) is 16.4. The van der Waals surface area contributed by atoms with Crippen LogP contribution >= 0.6 is 0 Å². The molecule has 4 rings (SSSR count). The number of esters is 1. The van der Waals surface area contributed by atoms with Gasteiger partial charge in [-0.2, -0.15) is 0 Å². The summed E-state index contributed by atoms with van der Waals surface area (Å²) in [6, 6.07) is 8.88. The smallest absolute Gasteiger partial charge is 0.328 e. The van der Waals surface area contributed by atoms with Gasteiger partial charge in [-0.3, -0.25) is 0 Å². The zero-order chi connectivity index (χ0) is 22.7. The van der Waals surface area contributed by atoms with Crippen molar-refractivity contribution in [1.29, 1.82) is 0 Å². The number of rotatable bonds is 7. The van der Waals surface area contributed by atoms with Crippen LogP contribution in [0.1, 0.15) is 36.2 Å². The van der Waals surface area contributed by atoms with Gasteiger partial charge in [-0.25, -0.2) is 18.3 Å². The average Bonchev–Trinajstić information content (AvgIpc) is 3.44. The Morgan fingerprint density at radius 3 is 2.59 bits per heavy atom. The number of halogens is 2. The number of carbonyl (C=O) groups excluding carboxylic acids is 1. The molecule has 2 aromatic heterocycles.